The molecule has 1 saturated heterocycles. The number of hydrogen-bond acceptors (Lipinski definition) is 4. The van der Waals surface area contributed by atoms with Crippen LogP contribution in [0.5, 0.6) is 0 Å². The van der Waals surface area contributed by atoms with Crippen LogP contribution in [0.1, 0.15) is 89.5 Å². The zero-order valence-electron chi connectivity index (χ0n) is 20.3. The van der Waals surface area contributed by atoms with E-state index in [0.717, 1.165) is 25.0 Å². The van der Waals surface area contributed by atoms with Crippen LogP contribution in [0.3, 0.4) is 0 Å². The number of unbranched alkanes of at least 4 members (excludes halogenated alkanes) is 6. The molecule has 0 spiro atoms. The highest BCUT2D eigenvalue weighted by Gasteiger charge is 2.38. The number of ether oxygens (including phenoxy) is 1. The zero-order chi connectivity index (χ0) is 23.4. The van der Waals surface area contributed by atoms with E-state index >= 15 is 0 Å². The number of carbonyl (C=O) groups is 2. The summed E-state index contributed by atoms with van der Waals surface area (Å²) in [5.74, 6) is 1.09. The quantitative estimate of drug-likeness (QED) is 0.193. The summed E-state index contributed by atoms with van der Waals surface area (Å²) >= 11 is 1.87. The van der Waals surface area contributed by atoms with E-state index in [9.17, 15) is 9.59 Å². The van der Waals surface area contributed by atoms with E-state index in [-0.39, 0.29) is 28.7 Å². The Balaban J connectivity index is 1.80. The van der Waals surface area contributed by atoms with Gasteiger partial charge in [0.05, 0.1) is 13.2 Å². The number of esters is 1. The van der Waals surface area contributed by atoms with Gasteiger partial charge >= 0.3 is 5.97 Å². The highest BCUT2D eigenvalue weighted by atomic mass is 32.2. The average Bonchev–Trinajstić information content (AvgIpc) is 3.18. The Morgan fingerprint density at radius 3 is 2.38 bits per heavy atom. The minimum Gasteiger partial charge on any atom is -0.469 e. The molecule has 0 saturated carbocycles. The molecule has 0 aromatic heterocycles. The van der Waals surface area contributed by atoms with Gasteiger partial charge in [0.25, 0.3) is 0 Å². The molecule has 1 aliphatic heterocycles. The van der Waals surface area contributed by atoms with Gasteiger partial charge in [-0.3, -0.25) is 9.59 Å². The highest BCUT2D eigenvalue weighted by Crippen LogP contribution is 2.43. The topological polar surface area (TPSA) is 46.6 Å². The van der Waals surface area contributed by atoms with Crippen molar-refractivity contribution in [3.63, 3.8) is 0 Å². The molecule has 178 valence electrons. The number of carbonyl (C=O) groups excluding carboxylic acids is 2. The minimum atomic E-state index is -0.107. The number of amides is 1. The Hall–Kier alpha value is -1.75. The number of thioether (sulfide) groups is 1. The smallest absolute Gasteiger partial charge is 0.305 e. The van der Waals surface area contributed by atoms with Crippen molar-refractivity contribution in [2.24, 2.45) is 5.41 Å². The SMILES string of the molecule is COC(=O)CCCCCCCCC=C[C@@H]1CS[C@H](c2ccccc2)N1C(=O)CC(C)(C)C. The molecule has 1 amide bonds. The van der Waals surface area contributed by atoms with Gasteiger partial charge in [0.2, 0.25) is 5.91 Å². The molecule has 1 aliphatic rings. The molecule has 1 heterocycles. The second-order valence-electron chi connectivity index (χ2n) is 9.87. The van der Waals surface area contributed by atoms with Gasteiger partial charge in [-0.15, -0.1) is 11.8 Å². The molecule has 0 unspecified atom stereocenters. The number of hydrogen-bond donors (Lipinski definition) is 0. The molecule has 0 bridgehead atoms. The van der Waals surface area contributed by atoms with Crippen LogP contribution in [0.15, 0.2) is 42.5 Å². The first-order chi connectivity index (χ1) is 15.3. The monoisotopic (exact) mass is 459 g/mol. The van der Waals surface area contributed by atoms with Crippen LogP contribution in [0.2, 0.25) is 0 Å². The summed E-state index contributed by atoms with van der Waals surface area (Å²) in [5, 5.41) is 0.102. The maximum atomic E-state index is 13.2. The van der Waals surface area contributed by atoms with Crippen LogP contribution < -0.4 is 0 Å². The number of allylic oxidation sites excluding steroid dienone is 1. The Labute approximate surface area is 199 Å². The summed E-state index contributed by atoms with van der Waals surface area (Å²) in [6.07, 6.45) is 13.5. The van der Waals surface area contributed by atoms with Crippen molar-refractivity contribution in [3.8, 4) is 0 Å². The lowest BCUT2D eigenvalue weighted by atomic mass is 9.91. The Morgan fingerprint density at radius 2 is 1.72 bits per heavy atom. The van der Waals surface area contributed by atoms with Crippen LogP contribution >= 0.6 is 11.8 Å². The predicted molar refractivity (Wildman–Crippen MR) is 134 cm³/mol. The van der Waals surface area contributed by atoms with Gasteiger partial charge in [-0.2, -0.15) is 0 Å². The van der Waals surface area contributed by atoms with Crippen molar-refractivity contribution in [2.45, 2.75) is 90.0 Å². The van der Waals surface area contributed by atoms with Gasteiger partial charge in [0.1, 0.15) is 5.37 Å². The molecule has 2 atom stereocenters. The Morgan fingerprint density at radius 1 is 1.06 bits per heavy atom. The normalized spacial score (nSPS) is 18.9. The maximum absolute atomic E-state index is 13.2. The molecule has 1 fully saturated rings. The van der Waals surface area contributed by atoms with Crippen molar-refractivity contribution in [3.05, 3.63) is 48.0 Å². The molecule has 0 aliphatic carbocycles. The number of nitrogens with zero attached hydrogens (tertiary/aromatic N) is 1. The molecule has 1 aromatic rings. The zero-order valence-corrected chi connectivity index (χ0v) is 21.2. The fourth-order valence-electron chi connectivity index (χ4n) is 4.00. The molecule has 4 nitrogen and oxygen atoms in total. The average molecular weight is 460 g/mol. The summed E-state index contributed by atoms with van der Waals surface area (Å²) in [6.45, 7) is 6.39. The van der Waals surface area contributed by atoms with Crippen LogP contribution in [0.4, 0.5) is 0 Å². The van der Waals surface area contributed by atoms with E-state index in [1.54, 1.807) is 0 Å². The van der Waals surface area contributed by atoms with Crippen molar-refractivity contribution >= 4 is 23.6 Å². The molecular formula is C27H41NO3S. The van der Waals surface area contributed by atoms with Crippen LogP contribution in [0, 0.1) is 5.41 Å². The second kappa shape index (κ2) is 13.7. The first kappa shape index (κ1) is 26.5. The summed E-state index contributed by atoms with van der Waals surface area (Å²) < 4.78 is 4.67. The van der Waals surface area contributed by atoms with Crippen LogP contribution in [0.25, 0.3) is 0 Å². The minimum absolute atomic E-state index is 0.0172. The molecule has 32 heavy (non-hydrogen) atoms. The number of benzene rings is 1. The van der Waals surface area contributed by atoms with Gasteiger partial charge in [-0.1, -0.05) is 88.9 Å². The lowest BCUT2D eigenvalue weighted by Gasteiger charge is -2.31. The van der Waals surface area contributed by atoms with Gasteiger partial charge in [-0.25, -0.2) is 0 Å². The molecule has 0 radical (unpaired) electrons. The van der Waals surface area contributed by atoms with E-state index in [4.69, 9.17) is 0 Å². The lowest BCUT2D eigenvalue weighted by molar-refractivity contribution is -0.140. The second-order valence-corrected chi connectivity index (χ2v) is 11.0. The number of methoxy groups -OCH3 is 1. The Bertz CT molecular complexity index is 726. The third-order valence-corrected chi connectivity index (χ3v) is 7.03. The van der Waals surface area contributed by atoms with Crippen molar-refractivity contribution in [1.82, 2.24) is 4.90 Å². The van der Waals surface area contributed by atoms with Gasteiger partial charge in [-0.05, 0) is 30.2 Å². The summed E-state index contributed by atoms with van der Waals surface area (Å²) in [5.41, 5.74) is 1.19. The summed E-state index contributed by atoms with van der Waals surface area (Å²) in [7, 11) is 1.45. The van der Waals surface area contributed by atoms with Gasteiger partial charge in [0, 0.05) is 18.6 Å². The predicted octanol–water partition coefficient (Wildman–Crippen LogP) is 6.92. The summed E-state index contributed by atoms with van der Waals surface area (Å²) in [6, 6.07) is 10.6. The number of rotatable bonds is 12. The van der Waals surface area contributed by atoms with E-state index in [0.29, 0.717) is 12.8 Å². The van der Waals surface area contributed by atoms with Gasteiger partial charge in [0.15, 0.2) is 0 Å². The molecule has 5 heteroatoms. The first-order valence-electron chi connectivity index (χ1n) is 12.0. The molecule has 0 N–H and O–H groups in total. The molecule has 2 rings (SSSR count). The largest absolute Gasteiger partial charge is 0.469 e. The fourth-order valence-corrected chi connectivity index (χ4v) is 5.44. The van der Waals surface area contributed by atoms with E-state index in [1.165, 1.54) is 38.4 Å². The van der Waals surface area contributed by atoms with Crippen molar-refractivity contribution in [1.29, 1.82) is 0 Å². The van der Waals surface area contributed by atoms with Crippen molar-refractivity contribution < 1.29 is 14.3 Å². The van der Waals surface area contributed by atoms with Crippen molar-refractivity contribution in [2.75, 3.05) is 12.9 Å². The van der Waals surface area contributed by atoms with Gasteiger partial charge < -0.3 is 9.64 Å². The lowest BCUT2D eigenvalue weighted by Crippen LogP contribution is -2.38. The van der Waals surface area contributed by atoms with E-state index in [2.05, 4.69) is 66.8 Å². The van der Waals surface area contributed by atoms with Crippen LogP contribution in [-0.4, -0.2) is 35.7 Å². The Kier molecular flexibility index (Phi) is 11.4. The standard InChI is InChI=1S/C27H41NO3S/c1-27(2,3)20-24(29)28-23(21-32-26(28)22-16-12-11-13-17-22)18-14-9-7-5-6-8-10-15-19-25(30)31-4/h11-14,16-18,23,26H,5-10,15,19-21H2,1-4H3/t23-,26-/m1/s1. The third-order valence-electron chi connectivity index (χ3n) is 5.68. The van der Waals surface area contributed by atoms with E-state index in [1.807, 2.05) is 17.8 Å². The fraction of sp³-hybridized carbons (Fsp3) is 0.630. The van der Waals surface area contributed by atoms with Crippen LogP contribution in [-0.2, 0) is 14.3 Å². The summed E-state index contributed by atoms with van der Waals surface area (Å²) in [4.78, 5) is 26.4. The molecule has 1 aromatic carbocycles. The highest BCUT2D eigenvalue weighted by molar-refractivity contribution is 7.99. The van der Waals surface area contributed by atoms with E-state index < -0.39 is 0 Å². The third kappa shape index (κ3) is 9.40. The molecular weight excluding hydrogens is 418 g/mol. The maximum Gasteiger partial charge on any atom is 0.305 e. The first-order valence-corrected chi connectivity index (χ1v) is 13.1.